The van der Waals surface area contributed by atoms with E-state index in [1.165, 1.54) is 0 Å². The summed E-state index contributed by atoms with van der Waals surface area (Å²) in [6.45, 7) is 3.06. The van der Waals surface area contributed by atoms with E-state index in [4.69, 9.17) is 19.3 Å². The Labute approximate surface area is 107 Å². The second-order valence-electron chi connectivity index (χ2n) is 4.20. The van der Waals surface area contributed by atoms with Gasteiger partial charge in [0.2, 0.25) is 12.5 Å². The number of methoxy groups -OCH3 is 1. The molecule has 0 bridgehead atoms. The van der Waals surface area contributed by atoms with Gasteiger partial charge in [0.1, 0.15) is 0 Å². The van der Waals surface area contributed by atoms with Crippen molar-refractivity contribution in [2.45, 2.75) is 25.9 Å². The van der Waals surface area contributed by atoms with Crippen molar-refractivity contribution < 1.29 is 19.3 Å². The Kier molecular flexibility index (Phi) is 4.28. The molecule has 1 aromatic rings. The standard InChI is InChI=1S/C13H19NO4/c1-3-10(7-15)14-6-9-4-11(16-2)13-12(5-9)17-8-18-13/h4-5,10,14-15H,3,6-8H2,1-2H3/t10-/m1/s1. The Morgan fingerprint density at radius 1 is 1.44 bits per heavy atom. The van der Waals surface area contributed by atoms with Crippen molar-refractivity contribution in [1.82, 2.24) is 5.32 Å². The van der Waals surface area contributed by atoms with Crippen LogP contribution in [0.15, 0.2) is 12.1 Å². The molecule has 0 aliphatic carbocycles. The molecule has 5 heteroatoms. The summed E-state index contributed by atoms with van der Waals surface area (Å²) in [5.74, 6) is 2.05. The summed E-state index contributed by atoms with van der Waals surface area (Å²) in [6.07, 6.45) is 0.887. The van der Waals surface area contributed by atoms with Gasteiger partial charge in [-0.15, -0.1) is 0 Å². The lowest BCUT2D eigenvalue weighted by Crippen LogP contribution is -2.31. The van der Waals surface area contributed by atoms with Crippen LogP contribution in [0.3, 0.4) is 0 Å². The summed E-state index contributed by atoms with van der Waals surface area (Å²) in [6, 6.07) is 3.97. The van der Waals surface area contributed by atoms with Crippen molar-refractivity contribution in [3.05, 3.63) is 17.7 Å². The Morgan fingerprint density at radius 2 is 2.28 bits per heavy atom. The number of benzene rings is 1. The number of fused-ring (bicyclic) bond motifs is 1. The first-order valence-corrected chi connectivity index (χ1v) is 6.09. The zero-order chi connectivity index (χ0) is 13.0. The van der Waals surface area contributed by atoms with Gasteiger partial charge in [0.15, 0.2) is 11.5 Å². The topological polar surface area (TPSA) is 60.0 Å². The van der Waals surface area contributed by atoms with Crippen molar-refractivity contribution >= 4 is 0 Å². The molecule has 0 spiro atoms. The number of rotatable bonds is 6. The largest absolute Gasteiger partial charge is 0.493 e. The molecule has 18 heavy (non-hydrogen) atoms. The Hall–Kier alpha value is -1.46. The monoisotopic (exact) mass is 253 g/mol. The molecule has 1 aliphatic heterocycles. The first-order chi connectivity index (χ1) is 8.78. The summed E-state index contributed by atoms with van der Waals surface area (Å²) >= 11 is 0. The van der Waals surface area contributed by atoms with Gasteiger partial charge in [0.25, 0.3) is 0 Å². The normalized spacial score (nSPS) is 14.6. The number of hydrogen-bond donors (Lipinski definition) is 2. The molecule has 0 unspecified atom stereocenters. The van der Waals surface area contributed by atoms with Crippen LogP contribution in [0.5, 0.6) is 17.2 Å². The van der Waals surface area contributed by atoms with E-state index in [1.54, 1.807) is 7.11 Å². The summed E-state index contributed by atoms with van der Waals surface area (Å²) in [5.41, 5.74) is 1.04. The quantitative estimate of drug-likeness (QED) is 0.800. The lowest BCUT2D eigenvalue weighted by molar-refractivity contribution is 0.171. The van der Waals surface area contributed by atoms with Gasteiger partial charge < -0.3 is 24.6 Å². The van der Waals surface area contributed by atoms with Gasteiger partial charge in [-0.2, -0.15) is 0 Å². The number of hydrogen-bond acceptors (Lipinski definition) is 5. The molecule has 1 aliphatic rings. The Balaban J connectivity index is 2.09. The summed E-state index contributed by atoms with van der Waals surface area (Å²) in [4.78, 5) is 0. The van der Waals surface area contributed by atoms with Crippen LogP contribution in [0.25, 0.3) is 0 Å². The molecule has 0 saturated heterocycles. The van der Waals surface area contributed by atoms with Gasteiger partial charge in [0, 0.05) is 12.6 Å². The third-order valence-corrected chi connectivity index (χ3v) is 3.03. The van der Waals surface area contributed by atoms with Crippen molar-refractivity contribution in [3.63, 3.8) is 0 Å². The second kappa shape index (κ2) is 5.93. The molecule has 1 atom stereocenters. The van der Waals surface area contributed by atoms with Gasteiger partial charge in [-0.1, -0.05) is 6.92 Å². The van der Waals surface area contributed by atoms with Crippen LogP contribution in [-0.4, -0.2) is 31.7 Å². The highest BCUT2D eigenvalue weighted by Crippen LogP contribution is 2.41. The minimum absolute atomic E-state index is 0.112. The zero-order valence-electron chi connectivity index (χ0n) is 10.7. The molecular formula is C13H19NO4. The van der Waals surface area contributed by atoms with Crippen molar-refractivity contribution in [2.24, 2.45) is 0 Å². The summed E-state index contributed by atoms with van der Waals surface area (Å²) in [5, 5.41) is 12.4. The number of ether oxygens (including phenoxy) is 3. The van der Waals surface area contributed by atoms with E-state index in [1.807, 2.05) is 19.1 Å². The first kappa shape index (κ1) is 13.0. The Bertz CT molecular complexity index is 404. The van der Waals surface area contributed by atoms with E-state index in [0.717, 1.165) is 12.0 Å². The Morgan fingerprint density at radius 3 is 2.94 bits per heavy atom. The van der Waals surface area contributed by atoms with E-state index in [9.17, 15) is 0 Å². The average molecular weight is 253 g/mol. The van der Waals surface area contributed by atoms with E-state index < -0.39 is 0 Å². The molecular weight excluding hydrogens is 234 g/mol. The van der Waals surface area contributed by atoms with E-state index in [-0.39, 0.29) is 19.4 Å². The molecule has 2 N–H and O–H groups in total. The fourth-order valence-corrected chi connectivity index (χ4v) is 1.89. The van der Waals surface area contributed by atoms with Gasteiger partial charge >= 0.3 is 0 Å². The van der Waals surface area contributed by atoms with Gasteiger partial charge in [-0.3, -0.25) is 0 Å². The highest BCUT2D eigenvalue weighted by atomic mass is 16.7. The molecule has 0 fully saturated rings. The van der Waals surface area contributed by atoms with Crippen molar-refractivity contribution in [2.75, 3.05) is 20.5 Å². The predicted molar refractivity (Wildman–Crippen MR) is 67.1 cm³/mol. The minimum atomic E-state index is 0.112. The van der Waals surface area contributed by atoms with Gasteiger partial charge in [-0.05, 0) is 24.1 Å². The van der Waals surface area contributed by atoms with Crippen molar-refractivity contribution in [1.29, 1.82) is 0 Å². The lowest BCUT2D eigenvalue weighted by Gasteiger charge is -2.14. The smallest absolute Gasteiger partial charge is 0.231 e. The van der Waals surface area contributed by atoms with Crippen LogP contribution in [-0.2, 0) is 6.54 Å². The van der Waals surface area contributed by atoms with Crippen LogP contribution < -0.4 is 19.5 Å². The molecule has 1 aromatic carbocycles. The molecule has 100 valence electrons. The third kappa shape index (κ3) is 2.68. The van der Waals surface area contributed by atoms with Crippen LogP contribution in [0, 0.1) is 0 Å². The van der Waals surface area contributed by atoms with Crippen LogP contribution in [0.2, 0.25) is 0 Å². The molecule has 0 saturated carbocycles. The fourth-order valence-electron chi connectivity index (χ4n) is 1.89. The second-order valence-corrected chi connectivity index (χ2v) is 4.20. The molecule has 0 aromatic heterocycles. The first-order valence-electron chi connectivity index (χ1n) is 6.09. The maximum absolute atomic E-state index is 9.13. The lowest BCUT2D eigenvalue weighted by atomic mass is 10.1. The minimum Gasteiger partial charge on any atom is -0.493 e. The average Bonchev–Trinajstić information content (AvgIpc) is 2.87. The van der Waals surface area contributed by atoms with Crippen LogP contribution >= 0.6 is 0 Å². The SMILES string of the molecule is CC[C@H](CO)NCc1cc(OC)c2c(c1)OCO2. The highest BCUT2D eigenvalue weighted by molar-refractivity contribution is 5.55. The third-order valence-electron chi connectivity index (χ3n) is 3.03. The number of aliphatic hydroxyl groups excluding tert-OH is 1. The van der Waals surface area contributed by atoms with Crippen LogP contribution in [0.4, 0.5) is 0 Å². The molecule has 1 heterocycles. The van der Waals surface area contributed by atoms with E-state index >= 15 is 0 Å². The van der Waals surface area contributed by atoms with Gasteiger partial charge in [-0.25, -0.2) is 0 Å². The van der Waals surface area contributed by atoms with E-state index in [0.29, 0.717) is 23.8 Å². The zero-order valence-corrected chi connectivity index (χ0v) is 10.7. The fraction of sp³-hybridized carbons (Fsp3) is 0.538. The van der Waals surface area contributed by atoms with E-state index in [2.05, 4.69) is 5.32 Å². The predicted octanol–water partition coefficient (Wildman–Crippen LogP) is 1.28. The number of nitrogens with one attached hydrogen (secondary N) is 1. The molecule has 2 rings (SSSR count). The van der Waals surface area contributed by atoms with Crippen molar-refractivity contribution in [3.8, 4) is 17.2 Å². The molecule has 0 radical (unpaired) electrons. The maximum atomic E-state index is 9.13. The van der Waals surface area contributed by atoms with Gasteiger partial charge in [0.05, 0.1) is 13.7 Å². The number of aliphatic hydroxyl groups is 1. The van der Waals surface area contributed by atoms with Crippen LogP contribution in [0.1, 0.15) is 18.9 Å². The summed E-state index contributed by atoms with van der Waals surface area (Å²) in [7, 11) is 1.61. The maximum Gasteiger partial charge on any atom is 0.231 e. The molecule has 5 nitrogen and oxygen atoms in total. The summed E-state index contributed by atoms with van der Waals surface area (Å²) < 4.78 is 16.0. The molecule has 0 amide bonds. The highest BCUT2D eigenvalue weighted by Gasteiger charge is 2.20.